The number of nitrogens with one attached hydrogen (secondary N) is 2. The summed E-state index contributed by atoms with van der Waals surface area (Å²) < 4.78 is 0. The quantitative estimate of drug-likeness (QED) is 0.191. The van der Waals surface area contributed by atoms with Gasteiger partial charge in [0.1, 0.15) is 0 Å². The highest BCUT2D eigenvalue weighted by atomic mass is 16.4. The molecule has 1 aliphatic heterocycles. The highest BCUT2D eigenvalue weighted by Gasteiger charge is 2.29. The van der Waals surface area contributed by atoms with Crippen LogP contribution in [-0.2, 0) is 24.0 Å². The van der Waals surface area contributed by atoms with Crippen LogP contribution >= 0.6 is 0 Å². The van der Waals surface area contributed by atoms with Crippen molar-refractivity contribution in [2.45, 2.75) is 64.8 Å². The normalized spacial score (nSPS) is 14.9. The third-order valence-corrected chi connectivity index (χ3v) is 5.34. The van der Waals surface area contributed by atoms with Crippen LogP contribution in [0.15, 0.2) is 12.2 Å². The fourth-order valence-electron chi connectivity index (χ4n) is 3.49. The zero-order chi connectivity index (χ0) is 25.0. The number of amides is 5. The molecule has 0 saturated carbocycles. The standard InChI is InChI=1S/C22H34N4O7/c1-14(2)20(16(27)13-15(21(31)32)7-6-11-24-22(23)33)25-17(28)8-4-3-5-12-26-18(29)9-10-19(26)30/h9-10,14-15,20H,3-8,11-13H2,1-2H3,(H,25,28)(H,31,32)(H3,23,24,33)/t15-,20+/m1/s1. The SMILES string of the molecule is CC(C)[C@H](NC(=O)CCCCCN1C(=O)C=CC1=O)C(=O)C[C@@H](CCCNC(N)=O)C(=O)O. The molecule has 11 heteroatoms. The van der Waals surface area contributed by atoms with Gasteiger partial charge in [-0.1, -0.05) is 20.3 Å². The predicted octanol–water partition coefficient (Wildman–Crippen LogP) is 0.721. The number of hydrogen-bond acceptors (Lipinski definition) is 6. The first-order valence-electron chi connectivity index (χ1n) is 11.1. The smallest absolute Gasteiger partial charge is 0.312 e. The van der Waals surface area contributed by atoms with Crippen molar-refractivity contribution < 1.29 is 33.9 Å². The average Bonchev–Trinajstić information content (AvgIpc) is 3.05. The van der Waals surface area contributed by atoms with Gasteiger partial charge < -0.3 is 21.5 Å². The Bertz CT molecular complexity index is 761. The van der Waals surface area contributed by atoms with E-state index >= 15 is 0 Å². The molecule has 0 bridgehead atoms. The van der Waals surface area contributed by atoms with E-state index in [1.165, 1.54) is 12.2 Å². The summed E-state index contributed by atoms with van der Waals surface area (Å²) in [6.07, 6.45) is 4.69. The molecular formula is C22H34N4O7. The maximum atomic E-state index is 12.7. The van der Waals surface area contributed by atoms with E-state index in [0.717, 1.165) is 4.90 Å². The van der Waals surface area contributed by atoms with Crippen LogP contribution in [0.4, 0.5) is 4.79 Å². The van der Waals surface area contributed by atoms with Crippen LogP contribution in [0.25, 0.3) is 0 Å². The molecule has 2 atom stereocenters. The molecule has 0 unspecified atom stereocenters. The number of rotatable bonds is 16. The number of nitrogens with two attached hydrogens (primary N) is 1. The highest BCUT2D eigenvalue weighted by Crippen LogP contribution is 2.16. The number of ketones is 1. The van der Waals surface area contributed by atoms with E-state index < -0.39 is 24.0 Å². The fourth-order valence-corrected chi connectivity index (χ4v) is 3.49. The first-order chi connectivity index (χ1) is 15.5. The number of carboxylic acid groups (broad SMARTS) is 1. The summed E-state index contributed by atoms with van der Waals surface area (Å²) in [7, 11) is 0. The van der Waals surface area contributed by atoms with Crippen LogP contribution < -0.4 is 16.4 Å². The maximum absolute atomic E-state index is 12.7. The van der Waals surface area contributed by atoms with Crippen LogP contribution in [0.2, 0.25) is 0 Å². The van der Waals surface area contributed by atoms with Crippen molar-refractivity contribution in [3.05, 3.63) is 12.2 Å². The molecule has 1 aliphatic rings. The van der Waals surface area contributed by atoms with Crippen molar-refractivity contribution in [1.29, 1.82) is 0 Å². The van der Waals surface area contributed by atoms with Gasteiger partial charge in [-0.25, -0.2) is 4.79 Å². The Labute approximate surface area is 193 Å². The van der Waals surface area contributed by atoms with Crippen molar-refractivity contribution in [2.75, 3.05) is 13.1 Å². The highest BCUT2D eigenvalue weighted by molar-refractivity contribution is 6.12. The summed E-state index contributed by atoms with van der Waals surface area (Å²) in [6, 6.07) is -1.50. The lowest BCUT2D eigenvalue weighted by Crippen LogP contribution is -2.45. The summed E-state index contributed by atoms with van der Waals surface area (Å²) in [6.45, 7) is 4.06. The molecule has 184 valence electrons. The zero-order valence-electron chi connectivity index (χ0n) is 19.2. The van der Waals surface area contributed by atoms with Crippen LogP contribution in [0.1, 0.15) is 58.8 Å². The molecule has 0 radical (unpaired) electrons. The topological polar surface area (TPSA) is 176 Å². The maximum Gasteiger partial charge on any atom is 0.312 e. The molecule has 1 rings (SSSR count). The Balaban J connectivity index is 2.43. The van der Waals surface area contributed by atoms with E-state index in [1.807, 2.05) is 0 Å². The van der Waals surface area contributed by atoms with Gasteiger partial charge in [-0.05, 0) is 31.6 Å². The van der Waals surface area contributed by atoms with Crippen molar-refractivity contribution in [3.63, 3.8) is 0 Å². The van der Waals surface area contributed by atoms with E-state index in [-0.39, 0.29) is 55.2 Å². The molecule has 0 aromatic carbocycles. The van der Waals surface area contributed by atoms with Crippen LogP contribution in [0, 0.1) is 11.8 Å². The molecule has 33 heavy (non-hydrogen) atoms. The number of imide groups is 1. The zero-order valence-corrected chi connectivity index (χ0v) is 19.2. The summed E-state index contributed by atoms with van der Waals surface area (Å²) in [5.74, 6) is -3.58. The molecule has 0 aromatic rings. The third-order valence-electron chi connectivity index (χ3n) is 5.34. The number of carbonyl (C=O) groups excluding carboxylic acids is 5. The van der Waals surface area contributed by atoms with Gasteiger partial charge in [0.05, 0.1) is 12.0 Å². The largest absolute Gasteiger partial charge is 0.481 e. The van der Waals surface area contributed by atoms with Crippen molar-refractivity contribution in [1.82, 2.24) is 15.5 Å². The van der Waals surface area contributed by atoms with Gasteiger partial charge in [0.2, 0.25) is 5.91 Å². The van der Waals surface area contributed by atoms with E-state index in [2.05, 4.69) is 10.6 Å². The van der Waals surface area contributed by atoms with Crippen molar-refractivity contribution in [2.24, 2.45) is 17.6 Å². The third kappa shape index (κ3) is 10.3. The van der Waals surface area contributed by atoms with E-state index in [4.69, 9.17) is 5.73 Å². The number of hydrogen-bond donors (Lipinski definition) is 4. The molecule has 5 N–H and O–H groups in total. The van der Waals surface area contributed by atoms with Gasteiger partial charge in [-0.2, -0.15) is 0 Å². The first kappa shape index (κ1) is 27.8. The minimum atomic E-state index is -1.11. The number of primary amides is 1. The van der Waals surface area contributed by atoms with Gasteiger partial charge in [0.25, 0.3) is 11.8 Å². The molecule has 0 aromatic heterocycles. The lowest BCUT2D eigenvalue weighted by atomic mass is 9.90. The first-order valence-corrected chi connectivity index (χ1v) is 11.1. The van der Waals surface area contributed by atoms with Gasteiger partial charge in [0, 0.05) is 38.1 Å². The molecule has 11 nitrogen and oxygen atoms in total. The lowest BCUT2D eigenvalue weighted by Gasteiger charge is -2.23. The number of carbonyl (C=O) groups is 6. The number of aliphatic carboxylic acids is 1. The predicted molar refractivity (Wildman–Crippen MR) is 119 cm³/mol. The molecule has 0 aliphatic carbocycles. The minimum absolute atomic E-state index is 0.178. The number of nitrogens with zero attached hydrogens (tertiary/aromatic N) is 1. The fraction of sp³-hybridized carbons (Fsp3) is 0.636. The Morgan fingerprint density at radius 2 is 1.67 bits per heavy atom. The van der Waals surface area contributed by atoms with Gasteiger partial charge in [0.15, 0.2) is 5.78 Å². The number of Topliss-reactive ketones (excluding diaryl/α,β-unsaturated/α-hetero) is 1. The lowest BCUT2D eigenvalue weighted by molar-refractivity contribution is -0.144. The Morgan fingerprint density at radius 3 is 2.21 bits per heavy atom. The molecule has 5 amide bonds. The van der Waals surface area contributed by atoms with Gasteiger partial charge in [-0.3, -0.25) is 28.9 Å². The van der Waals surface area contributed by atoms with Crippen LogP contribution in [-0.4, -0.2) is 64.6 Å². The molecule has 0 saturated heterocycles. The number of urea groups is 1. The summed E-state index contributed by atoms with van der Waals surface area (Å²) >= 11 is 0. The number of unbranched alkanes of at least 4 members (excludes halogenated alkanes) is 2. The van der Waals surface area contributed by atoms with Crippen LogP contribution in [0.3, 0.4) is 0 Å². The minimum Gasteiger partial charge on any atom is -0.481 e. The Kier molecular flexibility index (Phi) is 11.8. The van der Waals surface area contributed by atoms with Crippen LogP contribution in [0.5, 0.6) is 0 Å². The average molecular weight is 467 g/mol. The Morgan fingerprint density at radius 1 is 1.03 bits per heavy atom. The van der Waals surface area contributed by atoms with E-state index in [1.54, 1.807) is 13.8 Å². The molecule has 0 fully saturated rings. The van der Waals surface area contributed by atoms with Gasteiger partial charge >= 0.3 is 12.0 Å². The van der Waals surface area contributed by atoms with Gasteiger partial charge in [-0.15, -0.1) is 0 Å². The van der Waals surface area contributed by atoms with E-state index in [9.17, 15) is 33.9 Å². The molecule has 0 spiro atoms. The second-order valence-corrected chi connectivity index (χ2v) is 8.40. The summed E-state index contributed by atoms with van der Waals surface area (Å²) in [4.78, 5) is 71.4. The molecule has 1 heterocycles. The summed E-state index contributed by atoms with van der Waals surface area (Å²) in [5, 5.41) is 14.5. The van der Waals surface area contributed by atoms with Crippen molar-refractivity contribution in [3.8, 4) is 0 Å². The Hall–Kier alpha value is -3.24. The number of carboxylic acids is 1. The second-order valence-electron chi connectivity index (χ2n) is 8.40. The van der Waals surface area contributed by atoms with E-state index in [0.29, 0.717) is 32.2 Å². The van der Waals surface area contributed by atoms with Crippen molar-refractivity contribution >= 4 is 35.5 Å². The monoisotopic (exact) mass is 466 g/mol. The summed E-state index contributed by atoms with van der Waals surface area (Å²) in [5.41, 5.74) is 4.97. The molecular weight excluding hydrogens is 432 g/mol. The second kappa shape index (κ2) is 14.0.